The summed E-state index contributed by atoms with van der Waals surface area (Å²) in [6.07, 6.45) is 0. The van der Waals surface area contributed by atoms with E-state index < -0.39 is 11.7 Å². The van der Waals surface area contributed by atoms with Gasteiger partial charge in [-0.1, -0.05) is 6.07 Å². The summed E-state index contributed by atoms with van der Waals surface area (Å²) in [7, 11) is 3.11. The quantitative estimate of drug-likeness (QED) is 0.877. The van der Waals surface area contributed by atoms with Crippen LogP contribution in [-0.2, 0) is 0 Å². The van der Waals surface area contributed by atoms with Crippen molar-refractivity contribution in [2.75, 3.05) is 24.8 Å². The molecular formula is C15H14BrFN2O2. The molecule has 2 aromatic rings. The van der Waals surface area contributed by atoms with Crippen molar-refractivity contribution < 1.29 is 13.9 Å². The number of carbonyl (C=O) groups excluding carboxylic acids is 1. The van der Waals surface area contributed by atoms with Crippen LogP contribution in [0.3, 0.4) is 0 Å². The predicted octanol–water partition coefficient (Wildman–Crippen LogP) is 3.89. The van der Waals surface area contributed by atoms with Crippen LogP contribution in [0.2, 0.25) is 0 Å². The van der Waals surface area contributed by atoms with E-state index in [1.807, 2.05) is 0 Å². The van der Waals surface area contributed by atoms with E-state index in [1.165, 1.54) is 19.2 Å². The Hall–Kier alpha value is -2.08. The average Bonchev–Trinajstić information content (AvgIpc) is 2.48. The van der Waals surface area contributed by atoms with E-state index in [0.717, 1.165) is 4.47 Å². The molecule has 2 aromatic carbocycles. The summed E-state index contributed by atoms with van der Waals surface area (Å²) in [6.45, 7) is 0. The van der Waals surface area contributed by atoms with Crippen LogP contribution in [0.15, 0.2) is 40.9 Å². The molecule has 0 saturated carbocycles. The second-order valence-corrected chi connectivity index (χ2v) is 5.07. The minimum absolute atomic E-state index is 0.166. The topological polar surface area (TPSA) is 50.4 Å². The highest BCUT2D eigenvalue weighted by Crippen LogP contribution is 2.28. The Morgan fingerprint density at radius 3 is 2.71 bits per heavy atom. The molecule has 0 radical (unpaired) electrons. The Kier molecular flexibility index (Phi) is 4.80. The Morgan fingerprint density at radius 2 is 2.05 bits per heavy atom. The van der Waals surface area contributed by atoms with Gasteiger partial charge >= 0.3 is 0 Å². The first-order chi connectivity index (χ1) is 10.1. The molecule has 4 nitrogen and oxygen atoms in total. The Morgan fingerprint density at radius 1 is 1.29 bits per heavy atom. The van der Waals surface area contributed by atoms with Crippen LogP contribution in [-0.4, -0.2) is 20.1 Å². The molecular weight excluding hydrogens is 339 g/mol. The lowest BCUT2D eigenvalue weighted by atomic mass is 10.1. The molecule has 0 aliphatic heterocycles. The number of rotatable bonds is 4. The highest BCUT2D eigenvalue weighted by atomic mass is 79.9. The third-order valence-corrected chi connectivity index (χ3v) is 3.57. The van der Waals surface area contributed by atoms with E-state index in [2.05, 4.69) is 26.6 Å². The minimum atomic E-state index is -0.474. The number of nitrogens with one attached hydrogen (secondary N) is 2. The molecule has 0 spiro atoms. The normalized spacial score (nSPS) is 10.1. The molecule has 0 fully saturated rings. The van der Waals surface area contributed by atoms with Gasteiger partial charge in [-0.3, -0.25) is 4.79 Å². The monoisotopic (exact) mass is 352 g/mol. The molecule has 0 saturated heterocycles. The number of hydrogen-bond donors (Lipinski definition) is 2. The first kappa shape index (κ1) is 15.3. The standard InChI is InChI=1S/C15H14BrFN2O2/c1-18-14-10(4-3-5-12(14)17)15(20)19-9-6-7-11(16)13(8-9)21-2/h3-8,18H,1-2H3,(H,19,20). The molecule has 0 aliphatic rings. The van der Waals surface area contributed by atoms with Gasteiger partial charge < -0.3 is 15.4 Å². The summed E-state index contributed by atoms with van der Waals surface area (Å²) in [4.78, 5) is 12.3. The number of halogens is 2. The zero-order valence-corrected chi connectivity index (χ0v) is 13.1. The van der Waals surface area contributed by atoms with Gasteiger partial charge in [-0.15, -0.1) is 0 Å². The van der Waals surface area contributed by atoms with Crippen LogP contribution in [0.25, 0.3) is 0 Å². The maximum absolute atomic E-state index is 13.7. The van der Waals surface area contributed by atoms with Crippen molar-refractivity contribution in [3.8, 4) is 5.75 Å². The molecule has 0 unspecified atom stereocenters. The number of benzene rings is 2. The largest absolute Gasteiger partial charge is 0.495 e. The summed E-state index contributed by atoms with van der Waals surface area (Å²) in [6, 6.07) is 9.51. The van der Waals surface area contributed by atoms with Crippen molar-refractivity contribution in [3.63, 3.8) is 0 Å². The maximum Gasteiger partial charge on any atom is 0.257 e. The van der Waals surface area contributed by atoms with Crippen LogP contribution in [0, 0.1) is 5.82 Å². The molecule has 1 amide bonds. The number of carbonyl (C=O) groups is 1. The van der Waals surface area contributed by atoms with Gasteiger partial charge in [0.05, 0.1) is 22.8 Å². The van der Waals surface area contributed by atoms with Gasteiger partial charge in [-0.2, -0.15) is 0 Å². The lowest BCUT2D eigenvalue weighted by Crippen LogP contribution is -2.14. The first-order valence-corrected chi connectivity index (χ1v) is 6.97. The molecule has 6 heteroatoms. The Labute approximate surface area is 130 Å². The number of para-hydroxylation sites is 1. The van der Waals surface area contributed by atoms with Crippen molar-refractivity contribution in [3.05, 3.63) is 52.3 Å². The highest BCUT2D eigenvalue weighted by molar-refractivity contribution is 9.10. The smallest absolute Gasteiger partial charge is 0.257 e. The minimum Gasteiger partial charge on any atom is -0.495 e. The van der Waals surface area contributed by atoms with Crippen LogP contribution >= 0.6 is 15.9 Å². The summed E-state index contributed by atoms with van der Waals surface area (Å²) in [5, 5.41) is 5.41. The van der Waals surface area contributed by atoms with Gasteiger partial charge in [0, 0.05) is 18.8 Å². The summed E-state index contributed by atoms with van der Waals surface area (Å²) < 4.78 is 19.6. The zero-order valence-electron chi connectivity index (χ0n) is 11.5. The van der Waals surface area contributed by atoms with Gasteiger partial charge in [0.15, 0.2) is 0 Å². The Balaban J connectivity index is 2.28. The van der Waals surface area contributed by atoms with E-state index in [4.69, 9.17) is 4.74 Å². The van der Waals surface area contributed by atoms with Crippen molar-refractivity contribution in [2.45, 2.75) is 0 Å². The predicted molar refractivity (Wildman–Crippen MR) is 84.6 cm³/mol. The van der Waals surface area contributed by atoms with E-state index in [-0.39, 0.29) is 11.3 Å². The molecule has 2 rings (SSSR count). The maximum atomic E-state index is 13.7. The SMILES string of the molecule is CNc1c(F)cccc1C(=O)Nc1ccc(Br)c(OC)c1. The molecule has 110 valence electrons. The van der Waals surface area contributed by atoms with Gasteiger partial charge in [0.2, 0.25) is 0 Å². The van der Waals surface area contributed by atoms with Gasteiger partial charge in [0.25, 0.3) is 5.91 Å². The van der Waals surface area contributed by atoms with Crippen molar-refractivity contribution in [2.24, 2.45) is 0 Å². The number of methoxy groups -OCH3 is 1. The fourth-order valence-corrected chi connectivity index (χ4v) is 2.31. The van der Waals surface area contributed by atoms with Crippen LogP contribution in [0.1, 0.15) is 10.4 Å². The van der Waals surface area contributed by atoms with E-state index in [0.29, 0.717) is 11.4 Å². The summed E-state index contributed by atoms with van der Waals surface area (Å²) in [5.74, 6) is -0.275. The second kappa shape index (κ2) is 6.58. The molecule has 0 bridgehead atoms. The number of amides is 1. The van der Waals surface area contributed by atoms with Crippen molar-refractivity contribution >= 4 is 33.2 Å². The van der Waals surface area contributed by atoms with Gasteiger partial charge in [0.1, 0.15) is 11.6 Å². The van der Waals surface area contributed by atoms with E-state index in [9.17, 15) is 9.18 Å². The molecule has 0 aromatic heterocycles. The zero-order chi connectivity index (χ0) is 15.4. The average molecular weight is 353 g/mol. The molecule has 21 heavy (non-hydrogen) atoms. The second-order valence-electron chi connectivity index (χ2n) is 4.22. The van der Waals surface area contributed by atoms with Crippen molar-refractivity contribution in [1.82, 2.24) is 0 Å². The molecule has 0 atom stereocenters. The lowest BCUT2D eigenvalue weighted by Gasteiger charge is -2.11. The van der Waals surface area contributed by atoms with Crippen LogP contribution in [0.4, 0.5) is 15.8 Å². The first-order valence-electron chi connectivity index (χ1n) is 6.18. The summed E-state index contributed by atoms with van der Waals surface area (Å²) >= 11 is 3.34. The van der Waals surface area contributed by atoms with Gasteiger partial charge in [-0.25, -0.2) is 4.39 Å². The summed E-state index contributed by atoms with van der Waals surface area (Å²) in [5.41, 5.74) is 0.963. The highest BCUT2D eigenvalue weighted by Gasteiger charge is 2.14. The van der Waals surface area contributed by atoms with Crippen molar-refractivity contribution in [1.29, 1.82) is 0 Å². The van der Waals surface area contributed by atoms with E-state index in [1.54, 1.807) is 31.3 Å². The van der Waals surface area contributed by atoms with E-state index >= 15 is 0 Å². The number of hydrogen-bond acceptors (Lipinski definition) is 3. The lowest BCUT2D eigenvalue weighted by molar-refractivity contribution is 0.102. The van der Waals surface area contributed by atoms with Crippen LogP contribution in [0.5, 0.6) is 5.75 Å². The fourth-order valence-electron chi connectivity index (χ4n) is 1.90. The van der Waals surface area contributed by atoms with Gasteiger partial charge in [-0.05, 0) is 40.2 Å². The fraction of sp³-hybridized carbons (Fsp3) is 0.133. The Bertz CT molecular complexity index is 677. The third kappa shape index (κ3) is 3.33. The molecule has 2 N–H and O–H groups in total. The molecule has 0 aliphatic carbocycles. The number of ether oxygens (including phenoxy) is 1. The third-order valence-electron chi connectivity index (χ3n) is 2.92. The number of anilines is 2. The molecule has 0 heterocycles. The van der Waals surface area contributed by atoms with Crippen LogP contribution < -0.4 is 15.4 Å².